The molecule has 6 heteroatoms. The molecule has 5 nitrogen and oxygen atoms in total. The van der Waals surface area contributed by atoms with Crippen LogP contribution >= 0.6 is 11.3 Å². The second-order valence-electron chi connectivity index (χ2n) is 6.83. The fourth-order valence-electron chi connectivity index (χ4n) is 3.68. The molecular formula is C20H22N4OS. The summed E-state index contributed by atoms with van der Waals surface area (Å²) in [5.74, 6) is 0.418. The van der Waals surface area contributed by atoms with Gasteiger partial charge in [0.05, 0.1) is 17.4 Å². The molecule has 1 aromatic carbocycles. The Labute approximate surface area is 157 Å². The summed E-state index contributed by atoms with van der Waals surface area (Å²) in [6.45, 7) is 3.45. The molecule has 1 atom stereocenters. The summed E-state index contributed by atoms with van der Waals surface area (Å²) in [6.07, 6.45) is 4.88. The van der Waals surface area contributed by atoms with Gasteiger partial charge < -0.3 is 4.90 Å². The predicted molar refractivity (Wildman–Crippen MR) is 103 cm³/mol. The minimum atomic E-state index is 0.110. The van der Waals surface area contributed by atoms with Gasteiger partial charge in [-0.15, -0.1) is 11.3 Å². The van der Waals surface area contributed by atoms with Crippen LogP contribution in [0.3, 0.4) is 0 Å². The molecular weight excluding hydrogens is 344 g/mol. The zero-order chi connectivity index (χ0) is 17.9. The maximum atomic E-state index is 12.8. The Kier molecular flexibility index (Phi) is 4.84. The Balaban J connectivity index is 1.51. The summed E-state index contributed by atoms with van der Waals surface area (Å²) in [7, 11) is 0. The monoisotopic (exact) mass is 366 g/mol. The molecule has 1 saturated heterocycles. The maximum absolute atomic E-state index is 12.8. The number of piperidine rings is 1. The average Bonchev–Trinajstić information content (AvgIpc) is 3.31. The molecule has 26 heavy (non-hydrogen) atoms. The third kappa shape index (κ3) is 3.42. The predicted octanol–water partition coefficient (Wildman–Crippen LogP) is 3.79. The van der Waals surface area contributed by atoms with Crippen LogP contribution in [0.15, 0.2) is 42.0 Å². The highest BCUT2D eigenvalue weighted by Gasteiger charge is 2.29. The van der Waals surface area contributed by atoms with Gasteiger partial charge in [-0.3, -0.25) is 9.89 Å². The lowest BCUT2D eigenvalue weighted by Crippen LogP contribution is -2.39. The number of likely N-dealkylation sites (tertiary alicyclic amines) is 1. The van der Waals surface area contributed by atoms with Gasteiger partial charge in [0.25, 0.3) is 5.91 Å². The molecule has 0 unspecified atom stereocenters. The van der Waals surface area contributed by atoms with Gasteiger partial charge in [0.2, 0.25) is 0 Å². The Morgan fingerprint density at radius 1 is 1.35 bits per heavy atom. The highest BCUT2D eigenvalue weighted by molar-refractivity contribution is 7.11. The molecule has 3 heterocycles. The topological polar surface area (TPSA) is 61.9 Å². The number of nitrogens with zero attached hydrogens (tertiary/aromatic N) is 3. The van der Waals surface area contributed by atoms with Gasteiger partial charge in [-0.1, -0.05) is 30.3 Å². The second kappa shape index (κ2) is 7.41. The first-order valence-electron chi connectivity index (χ1n) is 8.98. The first-order chi connectivity index (χ1) is 12.7. The minimum Gasteiger partial charge on any atom is -0.337 e. The van der Waals surface area contributed by atoms with Crippen molar-refractivity contribution in [2.45, 2.75) is 32.1 Å². The highest BCUT2D eigenvalue weighted by atomic mass is 32.1. The van der Waals surface area contributed by atoms with Crippen molar-refractivity contribution in [2.24, 2.45) is 0 Å². The van der Waals surface area contributed by atoms with Crippen LogP contribution < -0.4 is 0 Å². The fraction of sp³-hybridized carbons (Fsp3) is 0.350. The fourth-order valence-corrected chi connectivity index (χ4v) is 4.45. The van der Waals surface area contributed by atoms with Crippen molar-refractivity contribution in [3.05, 3.63) is 69.4 Å². The molecule has 0 bridgehead atoms. The summed E-state index contributed by atoms with van der Waals surface area (Å²) >= 11 is 1.43. The third-order valence-corrected chi connectivity index (χ3v) is 5.96. The lowest BCUT2D eigenvalue weighted by molar-refractivity contribution is 0.0709. The highest BCUT2D eigenvalue weighted by Crippen LogP contribution is 2.30. The van der Waals surface area contributed by atoms with Gasteiger partial charge in [-0.05, 0) is 30.9 Å². The number of thiazole rings is 1. The number of aromatic nitrogens is 3. The average molecular weight is 366 g/mol. The quantitative estimate of drug-likeness (QED) is 0.764. The number of carbonyl (C=O) groups excluding carboxylic acids is 1. The molecule has 2 aromatic heterocycles. The van der Waals surface area contributed by atoms with E-state index in [1.54, 1.807) is 5.51 Å². The van der Waals surface area contributed by atoms with E-state index in [2.05, 4.69) is 39.4 Å². The molecule has 0 radical (unpaired) electrons. The number of H-pyrrole nitrogens is 1. The van der Waals surface area contributed by atoms with Crippen molar-refractivity contribution in [3.8, 4) is 0 Å². The number of carbonyl (C=O) groups is 1. The normalized spacial score (nSPS) is 17.4. The Morgan fingerprint density at radius 2 is 2.19 bits per heavy atom. The molecule has 1 amide bonds. The molecule has 3 aromatic rings. The largest absolute Gasteiger partial charge is 0.337 e. The van der Waals surface area contributed by atoms with Crippen molar-refractivity contribution in [2.75, 3.05) is 13.1 Å². The second-order valence-corrected chi connectivity index (χ2v) is 7.68. The lowest BCUT2D eigenvalue weighted by Gasteiger charge is -2.32. The van der Waals surface area contributed by atoms with Gasteiger partial charge in [-0.25, -0.2) is 4.98 Å². The van der Waals surface area contributed by atoms with Crippen molar-refractivity contribution in [1.29, 1.82) is 0 Å². The van der Waals surface area contributed by atoms with Gasteiger partial charge in [0.15, 0.2) is 0 Å². The van der Waals surface area contributed by atoms with Crippen LogP contribution in [0, 0.1) is 6.92 Å². The summed E-state index contributed by atoms with van der Waals surface area (Å²) in [5, 5.41) is 7.49. The zero-order valence-corrected chi connectivity index (χ0v) is 15.6. The smallest absolute Gasteiger partial charge is 0.265 e. The molecule has 4 rings (SSSR count). The van der Waals surface area contributed by atoms with Crippen molar-refractivity contribution < 1.29 is 4.79 Å². The van der Waals surface area contributed by atoms with Crippen molar-refractivity contribution >= 4 is 17.2 Å². The maximum Gasteiger partial charge on any atom is 0.265 e. The molecule has 134 valence electrons. The summed E-state index contributed by atoms with van der Waals surface area (Å²) in [4.78, 5) is 19.8. The van der Waals surface area contributed by atoms with Gasteiger partial charge in [0.1, 0.15) is 4.88 Å². The first-order valence-corrected chi connectivity index (χ1v) is 9.85. The molecule has 1 aliphatic rings. The summed E-state index contributed by atoms with van der Waals surface area (Å²) in [6, 6.07) is 10.4. The molecule has 0 spiro atoms. The number of nitrogens with one attached hydrogen (secondary N) is 1. The van der Waals surface area contributed by atoms with Crippen LogP contribution in [0.5, 0.6) is 0 Å². The van der Waals surface area contributed by atoms with E-state index in [-0.39, 0.29) is 5.91 Å². The summed E-state index contributed by atoms with van der Waals surface area (Å²) < 4.78 is 0. The summed E-state index contributed by atoms with van der Waals surface area (Å²) in [5.41, 5.74) is 6.25. The SMILES string of the molecule is Cc1ncsc1C(=O)N1CCC[C@@H](c2[nH]ncc2Cc2ccccc2)C1. The van der Waals surface area contributed by atoms with Crippen LogP contribution in [-0.2, 0) is 6.42 Å². The standard InChI is InChI=1S/C20H22N4OS/c1-14-19(26-13-21-14)20(25)24-9-5-8-16(12-24)18-17(11-22-23-18)10-15-6-3-2-4-7-15/h2-4,6-7,11,13,16H,5,8-10,12H2,1H3,(H,22,23)/t16-/m1/s1. The first kappa shape index (κ1) is 17.0. The van der Waals surface area contributed by atoms with Gasteiger partial charge in [-0.2, -0.15) is 5.10 Å². The number of hydrogen-bond donors (Lipinski definition) is 1. The van der Waals surface area contributed by atoms with E-state index in [0.29, 0.717) is 5.92 Å². The zero-order valence-electron chi connectivity index (χ0n) is 14.8. The van der Waals surface area contributed by atoms with Crippen LogP contribution in [0.1, 0.15) is 50.9 Å². The number of benzene rings is 1. The van der Waals surface area contributed by atoms with Crippen LogP contribution in [0.25, 0.3) is 0 Å². The lowest BCUT2D eigenvalue weighted by atomic mass is 9.90. The van der Waals surface area contributed by atoms with Crippen molar-refractivity contribution in [3.63, 3.8) is 0 Å². The van der Waals surface area contributed by atoms with E-state index in [9.17, 15) is 4.79 Å². The number of amides is 1. The molecule has 0 aliphatic carbocycles. The Hall–Kier alpha value is -2.47. The minimum absolute atomic E-state index is 0.110. The Morgan fingerprint density at radius 3 is 2.96 bits per heavy atom. The van der Waals surface area contributed by atoms with E-state index in [1.807, 2.05) is 24.1 Å². The van der Waals surface area contributed by atoms with E-state index in [4.69, 9.17) is 0 Å². The molecule has 1 fully saturated rings. The molecule has 0 saturated carbocycles. The van der Waals surface area contributed by atoms with Crippen LogP contribution in [-0.4, -0.2) is 39.1 Å². The van der Waals surface area contributed by atoms with Crippen LogP contribution in [0.2, 0.25) is 0 Å². The number of hydrogen-bond acceptors (Lipinski definition) is 4. The van der Waals surface area contributed by atoms with Crippen LogP contribution in [0.4, 0.5) is 0 Å². The van der Waals surface area contributed by atoms with Crippen molar-refractivity contribution in [1.82, 2.24) is 20.1 Å². The molecule has 1 N–H and O–H groups in total. The van der Waals surface area contributed by atoms with E-state index < -0.39 is 0 Å². The van der Waals surface area contributed by atoms with E-state index >= 15 is 0 Å². The Bertz CT molecular complexity index is 886. The van der Waals surface area contributed by atoms with E-state index in [0.717, 1.165) is 42.9 Å². The molecule has 1 aliphatic heterocycles. The number of aromatic amines is 1. The van der Waals surface area contributed by atoms with Gasteiger partial charge in [0, 0.05) is 31.1 Å². The van der Waals surface area contributed by atoms with E-state index in [1.165, 1.54) is 28.2 Å². The number of aryl methyl sites for hydroxylation is 1. The number of rotatable bonds is 4. The van der Waals surface area contributed by atoms with Gasteiger partial charge >= 0.3 is 0 Å². The third-order valence-electron chi connectivity index (χ3n) is 5.05.